The molecule has 0 saturated carbocycles. The fraction of sp³-hybridized carbons (Fsp3) is 0.432. The highest BCUT2D eigenvalue weighted by atomic mass is 32.2. The number of carbonyl (C=O) groups is 1. The number of sulfonamides is 1. The topological polar surface area (TPSA) is 80.1 Å². The standard InChI is InChI=1S/C37H48N2O5S/c1-5-8-15-35-36(33-14-11-12-16-34(33)44-35)37(40)29-17-19-30(20-18-29)39(28-13-27-38(25-9-6-2)26-10-7-3)45(41,42)32-23-21-31(43-4)22-24-32/h11-12,14,16-24H,5-10,13,15,25-28H2,1-4H3. The molecule has 0 aliphatic heterocycles. The van der Waals surface area contributed by atoms with Gasteiger partial charge < -0.3 is 14.1 Å². The van der Waals surface area contributed by atoms with Crippen molar-refractivity contribution in [1.29, 1.82) is 0 Å². The fourth-order valence-electron chi connectivity index (χ4n) is 5.58. The molecule has 45 heavy (non-hydrogen) atoms. The first-order valence-electron chi connectivity index (χ1n) is 16.4. The monoisotopic (exact) mass is 632 g/mol. The van der Waals surface area contributed by atoms with E-state index in [0.29, 0.717) is 53.3 Å². The second-order valence-corrected chi connectivity index (χ2v) is 13.4. The summed E-state index contributed by atoms with van der Waals surface area (Å²) in [7, 11) is -2.32. The highest BCUT2D eigenvalue weighted by molar-refractivity contribution is 7.92. The SMILES string of the molecule is CCCCc1oc2ccccc2c1C(=O)c1ccc(N(CCCN(CCCC)CCCC)S(=O)(=O)c2ccc(OC)cc2)cc1. The van der Waals surface area contributed by atoms with Crippen molar-refractivity contribution in [3.8, 4) is 5.75 Å². The third-order valence-electron chi connectivity index (χ3n) is 8.21. The third kappa shape index (κ3) is 8.56. The Morgan fingerprint density at radius 1 is 0.756 bits per heavy atom. The molecule has 0 saturated heterocycles. The highest BCUT2D eigenvalue weighted by Gasteiger charge is 2.26. The summed E-state index contributed by atoms with van der Waals surface area (Å²) in [5, 5.41) is 0.803. The van der Waals surface area contributed by atoms with Gasteiger partial charge in [-0.3, -0.25) is 9.10 Å². The maximum absolute atomic E-state index is 14.0. The van der Waals surface area contributed by atoms with Crippen LogP contribution < -0.4 is 9.04 Å². The van der Waals surface area contributed by atoms with E-state index in [4.69, 9.17) is 9.15 Å². The van der Waals surface area contributed by atoms with Gasteiger partial charge in [-0.05, 0) is 99.9 Å². The van der Waals surface area contributed by atoms with Crippen LogP contribution >= 0.6 is 0 Å². The van der Waals surface area contributed by atoms with Gasteiger partial charge in [-0.2, -0.15) is 0 Å². The lowest BCUT2D eigenvalue weighted by Crippen LogP contribution is -2.35. The fourth-order valence-corrected chi connectivity index (χ4v) is 7.08. The van der Waals surface area contributed by atoms with E-state index in [1.54, 1.807) is 55.6 Å². The van der Waals surface area contributed by atoms with Crippen LogP contribution in [0.2, 0.25) is 0 Å². The van der Waals surface area contributed by atoms with Crippen LogP contribution in [-0.4, -0.2) is 52.4 Å². The molecule has 3 aromatic carbocycles. The summed E-state index contributed by atoms with van der Waals surface area (Å²) in [4.78, 5) is 16.5. The third-order valence-corrected chi connectivity index (χ3v) is 10.1. The minimum Gasteiger partial charge on any atom is -0.497 e. The Labute approximate surface area is 269 Å². The van der Waals surface area contributed by atoms with E-state index in [1.165, 1.54) is 4.31 Å². The molecule has 0 fully saturated rings. The van der Waals surface area contributed by atoms with Crippen LogP contribution in [0, 0.1) is 0 Å². The number of hydrogen-bond acceptors (Lipinski definition) is 6. The minimum absolute atomic E-state index is 0.121. The number of rotatable bonds is 19. The van der Waals surface area contributed by atoms with Crippen molar-refractivity contribution in [3.05, 3.63) is 89.7 Å². The molecule has 1 heterocycles. The molecule has 0 unspecified atom stereocenters. The van der Waals surface area contributed by atoms with Crippen LogP contribution in [0.5, 0.6) is 5.75 Å². The lowest BCUT2D eigenvalue weighted by Gasteiger charge is -2.27. The van der Waals surface area contributed by atoms with Gasteiger partial charge in [0, 0.05) is 23.9 Å². The number of carbonyl (C=O) groups excluding carboxylic acids is 1. The number of ether oxygens (including phenoxy) is 1. The van der Waals surface area contributed by atoms with E-state index in [9.17, 15) is 13.2 Å². The molecular weight excluding hydrogens is 584 g/mol. The van der Waals surface area contributed by atoms with Crippen LogP contribution in [0.3, 0.4) is 0 Å². The lowest BCUT2D eigenvalue weighted by molar-refractivity contribution is 0.103. The molecule has 0 radical (unpaired) electrons. The summed E-state index contributed by atoms with van der Waals surface area (Å²) in [5.41, 5.74) is 2.32. The molecule has 0 spiro atoms. The highest BCUT2D eigenvalue weighted by Crippen LogP contribution is 2.31. The number of unbranched alkanes of at least 4 members (excludes halogenated alkanes) is 3. The first kappa shape index (κ1) is 34.3. The Balaban J connectivity index is 1.63. The minimum atomic E-state index is -3.87. The van der Waals surface area contributed by atoms with Crippen molar-refractivity contribution >= 4 is 32.5 Å². The van der Waals surface area contributed by atoms with E-state index in [2.05, 4.69) is 25.7 Å². The number of furan rings is 1. The number of hydrogen-bond donors (Lipinski definition) is 0. The number of benzene rings is 3. The van der Waals surface area contributed by atoms with E-state index in [1.807, 2.05) is 24.3 Å². The number of ketones is 1. The second kappa shape index (κ2) is 16.6. The molecule has 8 heteroatoms. The predicted molar refractivity (Wildman–Crippen MR) is 183 cm³/mol. The van der Waals surface area contributed by atoms with Gasteiger partial charge in [0.1, 0.15) is 17.1 Å². The molecule has 7 nitrogen and oxygen atoms in total. The van der Waals surface area contributed by atoms with Crippen LogP contribution in [0.15, 0.2) is 82.1 Å². The summed E-state index contributed by atoms with van der Waals surface area (Å²) in [5.74, 6) is 1.17. The van der Waals surface area contributed by atoms with Gasteiger partial charge in [0.25, 0.3) is 10.0 Å². The zero-order valence-corrected chi connectivity index (χ0v) is 28.1. The van der Waals surface area contributed by atoms with Gasteiger partial charge >= 0.3 is 0 Å². The van der Waals surface area contributed by atoms with Crippen molar-refractivity contribution in [2.24, 2.45) is 0 Å². The molecule has 0 aliphatic rings. The molecule has 4 rings (SSSR count). The summed E-state index contributed by atoms with van der Waals surface area (Å²) < 4.78 is 40.9. The van der Waals surface area contributed by atoms with Gasteiger partial charge in [0.05, 0.1) is 23.3 Å². The quantitative estimate of drug-likeness (QED) is 0.0965. The van der Waals surface area contributed by atoms with Crippen LogP contribution in [0.1, 0.15) is 87.4 Å². The molecule has 0 aliphatic carbocycles. The normalized spacial score (nSPS) is 11.8. The number of nitrogens with zero attached hydrogens (tertiary/aromatic N) is 2. The predicted octanol–water partition coefficient (Wildman–Crippen LogP) is 8.50. The first-order chi connectivity index (χ1) is 21.8. The van der Waals surface area contributed by atoms with Crippen LogP contribution in [-0.2, 0) is 16.4 Å². The van der Waals surface area contributed by atoms with Gasteiger partial charge in [-0.15, -0.1) is 0 Å². The molecule has 4 aromatic rings. The summed E-state index contributed by atoms with van der Waals surface area (Å²) in [6, 6.07) is 21.1. The Morgan fingerprint density at radius 2 is 1.38 bits per heavy atom. The van der Waals surface area contributed by atoms with E-state index in [-0.39, 0.29) is 10.7 Å². The average molecular weight is 633 g/mol. The zero-order chi connectivity index (χ0) is 32.2. The number of para-hydroxylation sites is 1. The van der Waals surface area contributed by atoms with Crippen molar-refractivity contribution in [2.75, 3.05) is 37.6 Å². The molecule has 0 bridgehead atoms. The van der Waals surface area contributed by atoms with Gasteiger partial charge in [-0.25, -0.2) is 8.42 Å². The second-order valence-electron chi connectivity index (χ2n) is 11.5. The summed E-state index contributed by atoms with van der Waals surface area (Å²) >= 11 is 0. The Hall–Kier alpha value is -3.62. The first-order valence-corrected chi connectivity index (χ1v) is 17.8. The summed E-state index contributed by atoms with van der Waals surface area (Å²) in [6.07, 6.45) is 7.79. The van der Waals surface area contributed by atoms with Gasteiger partial charge in [0.15, 0.2) is 5.78 Å². The van der Waals surface area contributed by atoms with E-state index in [0.717, 1.165) is 63.5 Å². The zero-order valence-electron chi connectivity index (χ0n) is 27.3. The van der Waals surface area contributed by atoms with Crippen LogP contribution in [0.25, 0.3) is 11.0 Å². The smallest absolute Gasteiger partial charge is 0.264 e. The number of fused-ring (bicyclic) bond motifs is 1. The van der Waals surface area contributed by atoms with Crippen molar-refractivity contribution in [1.82, 2.24) is 4.90 Å². The largest absolute Gasteiger partial charge is 0.497 e. The summed E-state index contributed by atoms with van der Waals surface area (Å²) in [6.45, 7) is 9.67. The molecule has 0 N–H and O–H groups in total. The average Bonchev–Trinajstić information content (AvgIpc) is 3.44. The Kier molecular flexibility index (Phi) is 12.7. The Morgan fingerprint density at radius 3 is 2.00 bits per heavy atom. The molecular formula is C37H48N2O5S. The van der Waals surface area contributed by atoms with Gasteiger partial charge in [-0.1, -0.05) is 58.2 Å². The van der Waals surface area contributed by atoms with E-state index >= 15 is 0 Å². The number of anilines is 1. The Bertz CT molecular complexity index is 1600. The lowest BCUT2D eigenvalue weighted by atomic mass is 9.98. The molecule has 0 amide bonds. The number of methoxy groups -OCH3 is 1. The van der Waals surface area contributed by atoms with Crippen molar-refractivity contribution in [3.63, 3.8) is 0 Å². The van der Waals surface area contributed by atoms with Crippen molar-refractivity contribution < 1.29 is 22.4 Å². The molecule has 242 valence electrons. The van der Waals surface area contributed by atoms with Crippen molar-refractivity contribution in [2.45, 2.75) is 77.0 Å². The number of aryl methyl sites for hydroxylation is 1. The molecule has 0 atom stereocenters. The maximum Gasteiger partial charge on any atom is 0.264 e. The van der Waals surface area contributed by atoms with E-state index < -0.39 is 10.0 Å². The van der Waals surface area contributed by atoms with Crippen LogP contribution in [0.4, 0.5) is 5.69 Å². The van der Waals surface area contributed by atoms with Gasteiger partial charge in [0.2, 0.25) is 0 Å². The molecule has 1 aromatic heterocycles. The maximum atomic E-state index is 14.0.